The average molecular weight is 458 g/mol. The van der Waals surface area contributed by atoms with Crippen molar-refractivity contribution in [2.75, 3.05) is 19.6 Å². The normalized spacial score (nSPS) is 15.6. The molecule has 0 aliphatic carbocycles. The summed E-state index contributed by atoms with van der Waals surface area (Å²) in [5.74, 6) is 0.428. The molecule has 0 saturated carbocycles. The predicted octanol–water partition coefficient (Wildman–Crippen LogP) is 4.01. The highest BCUT2D eigenvalue weighted by atomic mass is 16.3. The standard InChI is InChI=1S/C26H27N5O3/c1-17-8-7-9-19(14-17)31-16-27-23(28-31)25(33)30-13-12-29(15-26(30,3)4)24(32)22-18(2)34-21-11-6-5-10-20(21)22/h5-11,14,16H,12-13,15H2,1-4H3. The van der Waals surface area contributed by atoms with Gasteiger partial charge in [-0.15, -0.1) is 5.10 Å². The number of hydrogen-bond acceptors (Lipinski definition) is 5. The molecule has 34 heavy (non-hydrogen) atoms. The first-order chi connectivity index (χ1) is 16.2. The molecular weight excluding hydrogens is 430 g/mol. The van der Waals surface area contributed by atoms with E-state index in [2.05, 4.69) is 10.1 Å². The lowest BCUT2D eigenvalue weighted by atomic mass is 9.97. The molecule has 3 heterocycles. The number of carbonyl (C=O) groups is 2. The van der Waals surface area contributed by atoms with Gasteiger partial charge in [0.2, 0.25) is 5.82 Å². The van der Waals surface area contributed by atoms with Gasteiger partial charge in [-0.3, -0.25) is 9.59 Å². The van der Waals surface area contributed by atoms with Crippen LogP contribution >= 0.6 is 0 Å². The van der Waals surface area contributed by atoms with E-state index in [-0.39, 0.29) is 17.6 Å². The number of para-hydroxylation sites is 1. The SMILES string of the molecule is Cc1cccc(-n2cnc(C(=O)N3CCN(C(=O)c4c(C)oc5ccccc45)CC3(C)C)n2)c1. The molecule has 8 heteroatoms. The van der Waals surface area contributed by atoms with Crippen molar-refractivity contribution in [2.45, 2.75) is 33.2 Å². The van der Waals surface area contributed by atoms with E-state index in [0.717, 1.165) is 16.6 Å². The molecule has 1 fully saturated rings. The Bertz CT molecular complexity index is 1400. The van der Waals surface area contributed by atoms with E-state index in [1.54, 1.807) is 20.8 Å². The Kier molecular flexibility index (Phi) is 5.23. The first-order valence-corrected chi connectivity index (χ1v) is 11.3. The molecule has 2 amide bonds. The van der Waals surface area contributed by atoms with Gasteiger partial charge in [0.1, 0.15) is 17.7 Å². The minimum atomic E-state index is -0.590. The van der Waals surface area contributed by atoms with E-state index < -0.39 is 5.54 Å². The summed E-state index contributed by atoms with van der Waals surface area (Å²) in [5.41, 5.74) is 2.65. The maximum absolute atomic E-state index is 13.5. The first kappa shape index (κ1) is 21.9. The Labute approximate surface area is 197 Å². The smallest absolute Gasteiger partial charge is 0.294 e. The summed E-state index contributed by atoms with van der Waals surface area (Å²) in [6.45, 7) is 8.95. The Morgan fingerprint density at radius 3 is 2.56 bits per heavy atom. The van der Waals surface area contributed by atoms with E-state index in [1.807, 2.05) is 76.2 Å². The number of amides is 2. The van der Waals surface area contributed by atoms with E-state index in [0.29, 0.717) is 36.5 Å². The minimum absolute atomic E-state index is 0.0792. The highest BCUT2D eigenvalue weighted by molar-refractivity contribution is 6.07. The Morgan fingerprint density at radius 1 is 1.00 bits per heavy atom. The monoisotopic (exact) mass is 457 g/mol. The zero-order chi connectivity index (χ0) is 24.0. The molecule has 0 atom stereocenters. The molecule has 5 rings (SSSR count). The molecule has 8 nitrogen and oxygen atoms in total. The van der Waals surface area contributed by atoms with E-state index in [9.17, 15) is 9.59 Å². The molecule has 1 aliphatic rings. The number of benzene rings is 2. The largest absolute Gasteiger partial charge is 0.461 e. The number of aryl methyl sites for hydroxylation is 2. The molecule has 1 saturated heterocycles. The number of piperazine rings is 1. The van der Waals surface area contributed by atoms with Crippen molar-refractivity contribution in [3.05, 3.63) is 77.6 Å². The fourth-order valence-corrected chi connectivity index (χ4v) is 4.67. The number of rotatable bonds is 3. The van der Waals surface area contributed by atoms with Gasteiger partial charge >= 0.3 is 0 Å². The second-order valence-corrected chi connectivity index (χ2v) is 9.38. The molecule has 0 unspecified atom stereocenters. The first-order valence-electron chi connectivity index (χ1n) is 11.3. The maximum Gasteiger partial charge on any atom is 0.294 e. The van der Waals surface area contributed by atoms with Crippen molar-refractivity contribution >= 4 is 22.8 Å². The van der Waals surface area contributed by atoms with Gasteiger partial charge in [0.05, 0.1) is 16.8 Å². The summed E-state index contributed by atoms with van der Waals surface area (Å²) in [4.78, 5) is 34.6. The summed E-state index contributed by atoms with van der Waals surface area (Å²) in [6, 6.07) is 15.4. The number of furan rings is 1. The predicted molar refractivity (Wildman–Crippen MR) is 128 cm³/mol. The third-order valence-electron chi connectivity index (χ3n) is 6.37. The van der Waals surface area contributed by atoms with Crippen LogP contribution in [-0.2, 0) is 0 Å². The number of fused-ring (bicyclic) bond motifs is 1. The number of carbonyl (C=O) groups excluding carboxylic acids is 2. The Hall–Kier alpha value is -3.94. The van der Waals surface area contributed by atoms with E-state index >= 15 is 0 Å². The molecule has 1 aliphatic heterocycles. The van der Waals surface area contributed by atoms with Crippen molar-refractivity contribution in [2.24, 2.45) is 0 Å². The Morgan fingerprint density at radius 2 is 1.79 bits per heavy atom. The molecule has 2 aromatic carbocycles. The fourth-order valence-electron chi connectivity index (χ4n) is 4.67. The van der Waals surface area contributed by atoms with Gasteiger partial charge < -0.3 is 14.2 Å². The lowest BCUT2D eigenvalue weighted by molar-refractivity contribution is 0.0160. The fraction of sp³-hybridized carbons (Fsp3) is 0.308. The molecule has 4 aromatic rings. The van der Waals surface area contributed by atoms with Crippen molar-refractivity contribution in [3.8, 4) is 5.69 Å². The summed E-state index contributed by atoms with van der Waals surface area (Å²) >= 11 is 0. The Balaban J connectivity index is 1.35. The zero-order valence-corrected chi connectivity index (χ0v) is 19.8. The molecule has 0 N–H and O–H groups in total. The van der Waals surface area contributed by atoms with Crippen molar-refractivity contribution in [1.29, 1.82) is 0 Å². The van der Waals surface area contributed by atoms with Crippen molar-refractivity contribution < 1.29 is 14.0 Å². The van der Waals surface area contributed by atoms with Gasteiger partial charge in [0.15, 0.2) is 0 Å². The molecule has 0 radical (unpaired) electrons. The van der Waals surface area contributed by atoms with Gasteiger partial charge in [0, 0.05) is 25.0 Å². The lowest BCUT2D eigenvalue weighted by Gasteiger charge is -2.46. The summed E-state index contributed by atoms with van der Waals surface area (Å²) in [5, 5.41) is 5.24. The number of aromatic nitrogens is 3. The van der Waals surface area contributed by atoms with Crippen LogP contribution in [0.1, 0.15) is 46.1 Å². The third kappa shape index (κ3) is 3.75. The quantitative estimate of drug-likeness (QED) is 0.464. The van der Waals surface area contributed by atoms with Crippen molar-refractivity contribution in [3.63, 3.8) is 0 Å². The van der Waals surface area contributed by atoms with Crippen LogP contribution in [0.4, 0.5) is 0 Å². The van der Waals surface area contributed by atoms with Crippen LogP contribution in [0, 0.1) is 13.8 Å². The van der Waals surface area contributed by atoms with Crippen LogP contribution in [0.25, 0.3) is 16.7 Å². The second kappa shape index (κ2) is 8.13. The van der Waals surface area contributed by atoms with E-state index in [1.165, 1.54) is 0 Å². The number of nitrogens with zero attached hydrogens (tertiary/aromatic N) is 5. The van der Waals surface area contributed by atoms with Gasteiger partial charge in [-0.25, -0.2) is 9.67 Å². The van der Waals surface area contributed by atoms with E-state index in [4.69, 9.17) is 4.42 Å². The molecule has 2 aromatic heterocycles. The third-order valence-corrected chi connectivity index (χ3v) is 6.37. The topological polar surface area (TPSA) is 84.5 Å². The van der Waals surface area contributed by atoms with Crippen LogP contribution in [0.5, 0.6) is 0 Å². The number of hydrogen-bond donors (Lipinski definition) is 0. The van der Waals surface area contributed by atoms with Crippen LogP contribution in [0.15, 0.2) is 59.3 Å². The lowest BCUT2D eigenvalue weighted by Crippen LogP contribution is -2.62. The van der Waals surface area contributed by atoms with Crippen LogP contribution in [0.2, 0.25) is 0 Å². The molecule has 174 valence electrons. The summed E-state index contributed by atoms with van der Waals surface area (Å²) in [6.07, 6.45) is 1.56. The zero-order valence-electron chi connectivity index (χ0n) is 19.8. The molecule has 0 bridgehead atoms. The highest BCUT2D eigenvalue weighted by Crippen LogP contribution is 2.29. The molecular formula is C26H27N5O3. The molecule has 0 spiro atoms. The van der Waals surface area contributed by atoms with Crippen LogP contribution in [-0.4, -0.2) is 61.6 Å². The summed E-state index contributed by atoms with van der Waals surface area (Å²) < 4.78 is 7.41. The minimum Gasteiger partial charge on any atom is -0.461 e. The van der Waals surface area contributed by atoms with Gasteiger partial charge in [-0.1, -0.05) is 30.3 Å². The second-order valence-electron chi connectivity index (χ2n) is 9.38. The van der Waals surface area contributed by atoms with Gasteiger partial charge in [-0.2, -0.15) is 0 Å². The van der Waals surface area contributed by atoms with Crippen molar-refractivity contribution in [1.82, 2.24) is 24.6 Å². The van der Waals surface area contributed by atoms with Crippen LogP contribution in [0.3, 0.4) is 0 Å². The van der Waals surface area contributed by atoms with Crippen LogP contribution < -0.4 is 0 Å². The average Bonchev–Trinajstić information content (AvgIpc) is 3.42. The summed E-state index contributed by atoms with van der Waals surface area (Å²) in [7, 11) is 0. The highest BCUT2D eigenvalue weighted by Gasteiger charge is 2.40. The van der Waals surface area contributed by atoms with Gasteiger partial charge in [0.25, 0.3) is 11.8 Å². The maximum atomic E-state index is 13.5. The van der Waals surface area contributed by atoms with Gasteiger partial charge in [-0.05, 0) is 51.5 Å².